The van der Waals surface area contributed by atoms with E-state index in [2.05, 4.69) is 43.8 Å². The molecule has 2 heteroatoms. The second-order valence-electron chi connectivity index (χ2n) is 7.01. The van der Waals surface area contributed by atoms with Crippen LogP contribution in [0.3, 0.4) is 0 Å². The van der Waals surface area contributed by atoms with Gasteiger partial charge in [-0.25, -0.2) is 0 Å². The standard InChI is InChI=1S/C16H28N2/c1-6-15(4,5)18-12-16(9-7-8-10-16)17-11-14(18)13(2)3/h1,13-14,17H,7-12H2,2-5H3. The van der Waals surface area contributed by atoms with Crippen LogP contribution in [0.5, 0.6) is 0 Å². The maximum atomic E-state index is 5.77. The Bertz CT molecular complexity index is 331. The van der Waals surface area contributed by atoms with Gasteiger partial charge in [0.25, 0.3) is 0 Å². The van der Waals surface area contributed by atoms with E-state index in [0.29, 0.717) is 17.5 Å². The molecule has 2 aliphatic rings. The predicted octanol–water partition coefficient (Wildman–Crippen LogP) is 2.64. The SMILES string of the molecule is C#CC(C)(C)N1CC2(CCCC2)NCC1C(C)C. The van der Waals surface area contributed by atoms with Gasteiger partial charge in [0.2, 0.25) is 0 Å². The first-order valence-corrected chi connectivity index (χ1v) is 7.40. The van der Waals surface area contributed by atoms with Crippen LogP contribution >= 0.6 is 0 Å². The Balaban J connectivity index is 2.21. The summed E-state index contributed by atoms with van der Waals surface area (Å²) in [6.07, 6.45) is 11.1. The lowest BCUT2D eigenvalue weighted by molar-refractivity contribution is 0.00771. The van der Waals surface area contributed by atoms with Gasteiger partial charge in [-0.15, -0.1) is 6.42 Å². The third kappa shape index (κ3) is 2.44. The van der Waals surface area contributed by atoms with Crippen molar-refractivity contribution >= 4 is 0 Å². The Morgan fingerprint density at radius 3 is 2.44 bits per heavy atom. The van der Waals surface area contributed by atoms with E-state index >= 15 is 0 Å². The quantitative estimate of drug-likeness (QED) is 0.756. The third-order valence-electron chi connectivity index (χ3n) is 4.96. The zero-order valence-electron chi connectivity index (χ0n) is 12.4. The fourth-order valence-electron chi connectivity index (χ4n) is 3.61. The number of terminal acetylenes is 1. The average Bonchev–Trinajstić information content (AvgIpc) is 2.77. The van der Waals surface area contributed by atoms with Crippen LogP contribution in [-0.4, -0.2) is 35.1 Å². The van der Waals surface area contributed by atoms with E-state index in [-0.39, 0.29) is 5.54 Å². The Kier molecular flexibility index (Phi) is 3.76. The van der Waals surface area contributed by atoms with Crippen molar-refractivity contribution in [2.75, 3.05) is 13.1 Å². The number of hydrogen-bond donors (Lipinski definition) is 1. The molecule has 1 aliphatic heterocycles. The topological polar surface area (TPSA) is 15.3 Å². The van der Waals surface area contributed by atoms with Crippen LogP contribution in [-0.2, 0) is 0 Å². The van der Waals surface area contributed by atoms with Crippen LogP contribution in [0.4, 0.5) is 0 Å². The van der Waals surface area contributed by atoms with Gasteiger partial charge in [0, 0.05) is 24.7 Å². The van der Waals surface area contributed by atoms with Crippen molar-refractivity contribution in [2.24, 2.45) is 5.92 Å². The molecule has 0 aromatic carbocycles. The highest BCUT2D eigenvalue weighted by Crippen LogP contribution is 2.36. The average molecular weight is 248 g/mol. The molecule has 0 bridgehead atoms. The molecule has 0 aromatic rings. The number of rotatable bonds is 2. The molecule has 1 saturated heterocycles. The molecule has 2 fully saturated rings. The molecule has 0 aromatic heterocycles. The highest BCUT2D eigenvalue weighted by Gasteiger charge is 2.45. The van der Waals surface area contributed by atoms with Crippen molar-refractivity contribution in [2.45, 2.75) is 70.5 Å². The second kappa shape index (κ2) is 4.87. The first-order chi connectivity index (χ1) is 8.40. The summed E-state index contributed by atoms with van der Waals surface area (Å²) in [5, 5.41) is 3.84. The maximum Gasteiger partial charge on any atom is 0.0769 e. The van der Waals surface area contributed by atoms with Gasteiger partial charge in [0.1, 0.15) is 0 Å². The maximum absolute atomic E-state index is 5.77. The van der Waals surface area contributed by atoms with Gasteiger partial charge in [-0.05, 0) is 32.6 Å². The van der Waals surface area contributed by atoms with Crippen molar-refractivity contribution < 1.29 is 0 Å². The molecule has 1 unspecified atom stereocenters. The molecule has 1 aliphatic carbocycles. The van der Waals surface area contributed by atoms with Gasteiger partial charge in [0.05, 0.1) is 5.54 Å². The van der Waals surface area contributed by atoms with Crippen molar-refractivity contribution in [3.63, 3.8) is 0 Å². The van der Waals surface area contributed by atoms with Gasteiger partial charge < -0.3 is 5.32 Å². The lowest BCUT2D eigenvalue weighted by Gasteiger charge is -2.52. The summed E-state index contributed by atoms with van der Waals surface area (Å²) in [5.74, 6) is 3.64. The predicted molar refractivity (Wildman–Crippen MR) is 77.4 cm³/mol. The van der Waals surface area contributed by atoms with Gasteiger partial charge in [-0.2, -0.15) is 0 Å². The zero-order valence-corrected chi connectivity index (χ0v) is 12.4. The summed E-state index contributed by atoms with van der Waals surface area (Å²) >= 11 is 0. The summed E-state index contributed by atoms with van der Waals surface area (Å²) in [6, 6.07) is 0.558. The Hall–Kier alpha value is -0.520. The molecule has 2 nitrogen and oxygen atoms in total. The molecular weight excluding hydrogens is 220 g/mol. The smallest absolute Gasteiger partial charge is 0.0769 e. The first-order valence-electron chi connectivity index (χ1n) is 7.40. The van der Waals surface area contributed by atoms with Crippen molar-refractivity contribution in [1.82, 2.24) is 10.2 Å². The van der Waals surface area contributed by atoms with Crippen LogP contribution in [0.15, 0.2) is 0 Å². The molecule has 0 radical (unpaired) electrons. The first kappa shape index (κ1) is 13.9. The highest BCUT2D eigenvalue weighted by molar-refractivity contribution is 5.14. The van der Waals surface area contributed by atoms with Crippen molar-refractivity contribution in [3.8, 4) is 12.3 Å². The van der Waals surface area contributed by atoms with Crippen molar-refractivity contribution in [3.05, 3.63) is 0 Å². The second-order valence-corrected chi connectivity index (χ2v) is 7.01. The summed E-state index contributed by atoms with van der Waals surface area (Å²) in [6.45, 7) is 11.2. The zero-order chi connectivity index (χ0) is 13.4. The Morgan fingerprint density at radius 1 is 1.33 bits per heavy atom. The number of nitrogens with one attached hydrogen (secondary N) is 1. The van der Waals surface area contributed by atoms with E-state index in [9.17, 15) is 0 Å². The van der Waals surface area contributed by atoms with Crippen LogP contribution in [0.25, 0.3) is 0 Å². The fraction of sp³-hybridized carbons (Fsp3) is 0.875. The molecule has 1 heterocycles. The van der Waals surface area contributed by atoms with Crippen LogP contribution < -0.4 is 5.32 Å². The largest absolute Gasteiger partial charge is 0.308 e. The van der Waals surface area contributed by atoms with Crippen LogP contribution in [0, 0.1) is 18.3 Å². The van der Waals surface area contributed by atoms with Gasteiger partial charge in [-0.3, -0.25) is 4.90 Å². The molecular formula is C16H28N2. The van der Waals surface area contributed by atoms with Gasteiger partial charge in [-0.1, -0.05) is 32.6 Å². The minimum atomic E-state index is -0.132. The molecule has 1 saturated carbocycles. The fourth-order valence-corrected chi connectivity index (χ4v) is 3.61. The molecule has 2 rings (SSSR count). The van der Waals surface area contributed by atoms with Gasteiger partial charge in [0.15, 0.2) is 0 Å². The van der Waals surface area contributed by atoms with E-state index in [4.69, 9.17) is 6.42 Å². The van der Waals surface area contributed by atoms with Crippen molar-refractivity contribution in [1.29, 1.82) is 0 Å². The van der Waals surface area contributed by atoms with E-state index in [1.807, 2.05) is 0 Å². The molecule has 102 valence electrons. The summed E-state index contributed by atoms with van der Waals surface area (Å²) in [7, 11) is 0. The summed E-state index contributed by atoms with van der Waals surface area (Å²) < 4.78 is 0. The normalized spacial score (nSPS) is 28.8. The van der Waals surface area contributed by atoms with Crippen LogP contribution in [0.2, 0.25) is 0 Å². The molecule has 1 spiro atoms. The van der Waals surface area contributed by atoms with E-state index in [1.54, 1.807) is 0 Å². The number of piperazine rings is 1. The lowest BCUT2D eigenvalue weighted by atomic mass is 9.85. The lowest BCUT2D eigenvalue weighted by Crippen LogP contribution is -2.68. The molecule has 18 heavy (non-hydrogen) atoms. The summed E-state index contributed by atoms with van der Waals surface area (Å²) in [5.41, 5.74) is 0.214. The van der Waals surface area contributed by atoms with Gasteiger partial charge >= 0.3 is 0 Å². The Morgan fingerprint density at radius 2 is 1.94 bits per heavy atom. The number of hydrogen-bond acceptors (Lipinski definition) is 2. The van der Waals surface area contributed by atoms with E-state index < -0.39 is 0 Å². The molecule has 0 amide bonds. The Labute approximate surface area is 113 Å². The van der Waals surface area contributed by atoms with Crippen LogP contribution in [0.1, 0.15) is 53.4 Å². The minimum Gasteiger partial charge on any atom is -0.308 e. The third-order valence-corrected chi connectivity index (χ3v) is 4.96. The summed E-state index contributed by atoms with van der Waals surface area (Å²) in [4.78, 5) is 2.58. The monoisotopic (exact) mass is 248 g/mol. The highest BCUT2D eigenvalue weighted by atomic mass is 15.3. The van der Waals surface area contributed by atoms with E-state index in [1.165, 1.54) is 25.7 Å². The number of nitrogens with zero attached hydrogens (tertiary/aromatic N) is 1. The molecule has 1 atom stereocenters. The minimum absolute atomic E-state index is 0.132. The molecule has 1 N–H and O–H groups in total. The van der Waals surface area contributed by atoms with E-state index in [0.717, 1.165) is 13.1 Å².